The molecule has 1 aliphatic rings. The minimum atomic E-state index is -1.02. The average Bonchev–Trinajstić information content (AvgIpc) is 3.10. The van der Waals surface area contributed by atoms with Gasteiger partial charge in [0.15, 0.2) is 6.10 Å². The number of carbonyl (C=O) groups is 3. The molecule has 0 unspecified atom stereocenters. The molecule has 0 aliphatic heterocycles. The van der Waals surface area contributed by atoms with Crippen LogP contribution < -0.4 is 10.9 Å². The first kappa shape index (κ1) is 18.1. The van der Waals surface area contributed by atoms with Gasteiger partial charge in [0.1, 0.15) is 4.88 Å². The number of carbonyl (C=O) groups excluding carboxylic acids is 3. The molecule has 0 fully saturated rings. The van der Waals surface area contributed by atoms with Gasteiger partial charge in [0, 0.05) is 10.4 Å². The van der Waals surface area contributed by atoms with Gasteiger partial charge in [-0.25, -0.2) is 4.79 Å². The summed E-state index contributed by atoms with van der Waals surface area (Å²) in [6, 6.07) is 10.4. The molecule has 7 heteroatoms. The lowest BCUT2D eigenvalue weighted by Crippen LogP contribution is -2.46. The monoisotopic (exact) mass is 372 g/mol. The van der Waals surface area contributed by atoms with E-state index >= 15 is 0 Å². The molecule has 2 amide bonds. The molecule has 6 nitrogen and oxygen atoms in total. The molecule has 0 saturated carbocycles. The molecular formula is C19H20N2O4S. The van der Waals surface area contributed by atoms with Crippen LogP contribution in [-0.4, -0.2) is 23.9 Å². The van der Waals surface area contributed by atoms with Gasteiger partial charge in [-0.2, -0.15) is 0 Å². The van der Waals surface area contributed by atoms with Gasteiger partial charge >= 0.3 is 5.97 Å². The Labute approximate surface area is 155 Å². The fraction of sp³-hybridized carbons (Fsp3) is 0.316. The van der Waals surface area contributed by atoms with E-state index in [0.717, 1.165) is 25.7 Å². The Morgan fingerprint density at radius 2 is 1.81 bits per heavy atom. The molecule has 26 heavy (non-hydrogen) atoms. The number of hydrogen-bond acceptors (Lipinski definition) is 5. The molecule has 0 radical (unpaired) electrons. The third-order valence-corrected chi connectivity index (χ3v) is 5.40. The van der Waals surface area contributed by atoms with Crippen LogP contribution in [0.2, 0.25) is 0 Å². The summed E-state index contributed by atoms with van der Waals surface area (Å²) in [4.78, 5) is 37.9. The van der Waals surface area contributed by atoms with Crippen LogP contribution in [0.15, 0.2) is 36.4 Å². The van der Waals surface area contributed by atoms with Gasteiger partial charge in [0.2, 0.25) is 0 Å². The van der Waals surface area contributed by atoms with Gasteiger partial charge in [-0.15, -0.1) is 11.3 Å². The van der Waals surface area contributed by atoms with Crippen LogP contribution in [0.3, 0.4) is 0 Å². The smallest absolute Gasteiger partial charge is 0.349 e. The van der Waals surface area contributed by atoms with Crippen molar-refractivity contribution in [2.75, 3.05) is 0 Å². The van der Waals surface area contributed by atoms with Gasteiger partial charge in [0.05, 0.1) is 0 Å². The van der Waals surface area contributed by atoms with Crippen molar-refractivity contribution in [2.24, 2.45) is 0 Å². The maximum Gasteiger partial charge on any atom is 0.349 e. The fourth-order valence-corrected chi connectivity index (χ4v) is 3.88. The zero-order valence-electron chi connectivity index (χ0n) is 14.4. The summed E-state index contributed by atoms with van der Waals surface area (Å²) in [5.41, 5.74) is 6.21. The minimum absolute atomic E-state index is 0.418. The number of fused-ring (bicyclic) bond motifs is 1. The molecule has 1 atom stereocenters. The second-order valence-electron chi connectivity index (χ2n) is 6.12. The largest absolute Gasteiger partial charge is 0.448 e. The number of aryl methyl sites for hydroxylation is 2. The van der Waals surface area contributed by atoms with Crippen molar-refractivity contribution in [3.63, 3.8) is 0 Å². The second-order valence-corrected chi connectivity index (χ2v) is 7.26. The third kappa shape index (κ3) is 4.29. The summed E-state index contributed by atoms with van der Waals surface area (Å²) in [5.74, 6) is -1.55. The molecule has 3 rings (SSSR count). The van der Waals surface area contributed by atoms with Crippen LogP contribution >= 0.6 is 11.3 Å². The lowest BCUT2D eigenvalue weighted by molar-refractivity contribution is -0.129. The van der Waals surface area contributed by atoms with Crippen molar-refractivity contribution in [1.82, 2.24) is 10.9 Å². The van der Waals surface area contributed by atoms with Crippen molar-refractivity contribution < 1.29 is 19.1 Å². The van der Waals surface area contributed by atoms with Crippen molar-refractivity contribution in [1.29, 1.82) is 0 Å². The van der Waals surface area contributed by atoms with E-state index < -0.39 is 23.9 Å². The van der Waals surface area contributed by atoms with E-state index in [2.05, 4.69) is 10.9 Å². The van der Waals surface area contributed by atoms with Crippen LogP contribution in [0.1, 0.15) is 50.2 Å². The number of hydrogen-bond donors (Lipinski definition) is 2. The van der Waals surface area contributed by atoms with Crippen LogP contribution in [0.4, 0.5) is 0 Å². The normalized spacial score (nSPS) is 14.0. The number of thiophene rings is 1. The maximum absolute atomic E-state index is 12.3. The number of hydrazine groups is 1. The van der Waals surface area contributed by atoms with Crippen LogP contribution in [0.5, 0.6) is 0 Å². The van der Waals surface area contributed by atoms with Crippen LogP contribution in [-0.2, 0) is 22.4 Å². The summed E-state index contributed by atoms with van der Waals surface area (Å²) in [6.45, 7) is 1.47. The molecule has 2 aromatic rings. The Hall–Kier alpha value is -2.67. The summed E-state index contributed by atoms with van der Waals surface area (Å²) in [6.07, 6.45) is 3.24. The fourth-order valence-electron chi connectivity index (χ4n) is 2.75. The Morgan fingerprint density at radius 1 is 1.08 bits per heavy atom. The average molecular weight is 372 g/mol. The van der Waals surface area contributed by atoms with Crippen LogP contribution in [0.25, 0.3) is 0 Å². The van der Waals surface area contributed by atoms with E-state index in [0.29, 0.717) is 10.4 Å². The SMILES string of the molecule is C[C@H](OC(=O)c1cc2c(s1)CCCC2)C(=O)NNC(=O)c1ccccc1. The molecule has 1 aromatic heterocycles. The first-order chi connectivity index (χ1) is 12.5. The molecule has 1 aliphatic carbocycles. The Morgan fingerprint density at radius 3 is 2.54 bits per heavy atom. The van der Waals surface area contributed by atoms with Gasteiger partial charge in [-0.05, 0) is 56.4 Å². The summed E-state index contributed by atoms with van der Waals surface area (Å²) in [5, 5.41) is 0. The highest BCUT2D eigenvalue weighted by atomic mass is 32.1. The number of nitrogens with one attached hydrogen (secondary N) is 2. The first-order valence-electron chi connectivity index (χ1n) is 8.52. The summed E-state index contributed by atoms with van der Waals surface area (Å²) < 4.78 is 5.22. The van der Waals surface area contributed by atoms with E-state index in [4.69, 9.17) is 4.74 Å². The third-order valence-electron chi connectivity index (χ3n) is 4.19. The molecular weight excluding hydrogens is 352 g/mol. The van der Waals surface area contributed by atoms with Crippen molar-refractivity contribution in [3.05, 3.63) is 57.3 Å². The molecule has 0 spiro atoms. The number of rotatable bonds is 4. The number of benzene rings is 1. The zero-order chi connectivity index (χ0) is 18.5. The molecule has 0 saturated heterocycles. The molecule has 2 N–H and O–H groups in total. The standard InChI is InChI=1S/C19H20N2O4S/c1-12(17(22)20-21-18(23)13-7-3-2-4-8-13)25-19(24)16-11-14-9-5-6-10-15(14)26-16/h2-4,7-8,11-12H,5-6,9-10H2,1H3,(H,20,22)(H,21,23)/t12-/m0/s1. The lowest BCUT2D eigenvalue weighted by atomic mass is 9.99. The van der Waals surface area contributed by atoms with Gasteiger partial charge in [-0.3, -0.25) is 20.4 Å². The van der Waals surface area contributed by atoms with Crippen molar-refractivity contribution in [2.45, 2.75) is 38.7 Å². The minimum Gasteiger partial charge on any atom is -0.448 e. The predicted molar refractivity (Wildman–Crippen MR) is 97.9 cm³/mol. The summed E-state index contributed by atoms with van der Waals surface area (Å²) in [7, 11) is 0. The van der Waals surface area contributed by atoms with E-state index in [-0.39, 0.29) is 0 Å². The van der Waals surface area contributed by atoms with Crippen LogP contribution in [0, 0.1) is 0 Å². The highest BCUT2D eigenvalue weighted by Crippen LogP contribution is 2.30. The molecule has 0 bridgehead atoms. The zero-order valence-corrected chi connectivity index (χ0v) is 15.2. The Kier molecular flexibility index (Phi) is 5.68. The topological polar surface area (TPSA) is 84.5 Å². The highest BCUT2D eigenvalue weighted by Gasteiger charge is 2.23. The van der Waals surface area contributed by atoms with Crippen molar-refractivity contribution >= 4 is 29.1 Å². The van der Waals surface area contributed by atoms with Gasteiger partial charge < -0.3 is 4.74 Å². The predicted octanol–water partition coefficient (Wildman–Crippen LogP) is 2.63. The number of ether oxygens (including phenoxy) is 1. The lowest BCUT2D eigenvalue weighted by Gasteiger charge is -2.13. The van der Waals surface area contributed by atoms with Gasteiger partial charge in [-0.1, -0.05) is 18.2 Å². The quantitative estimate of drug-likeness (QED) is 0.638. The van der Waals surface area contributed by atoms with E-state index in [1.807, 2.05) is 6.07 Å². The Bertz CT molecular complexity index is 793. The van der Waals surface area contributed by atoms with E-state index in [1.54, 1.807) is 30.3 Å². The highest BCUT2D eigenvalue weighted by molar-refractivity contribution is 7.14. The molecule has 1 aromatic carbocycles. The molecule has 1 heterocycles. The van der Waals surface area contributed by atoms with Crippen molar-refractivity contribution in [3.8, 4) is 0 Å². The number of amides is 2. The Balaban J connectivity index is 1.51. The maximum atomic E-state index is 12.3. The van der Waals surface area contributed by atoms with E-state index in [9.17, 15) is 14.4 Å². The van der Waals surface area contributed by atoms with Gasteiger partial charge in [0.25, 0.3) is 11.8 Å². The summed E-state index contributed by atoms with van der Waals surface area (Å²) >= 11 is 1.44. The van der Waals surface area contributed by atoms with E-state index in [1.165, 1.54) is 28.7 Å². The first-order valence-corrected chi connectivity index (χ1v) is 9.34. The number of esters is 1. The second kappa shape index (κ2) is 8.14. The molecule has 136 valence electrons.